The Morgan fingerprint density at radius 1 is 1.00 bits per heavy atom. The van der Waals surface area contributed by atoms with Crippen LogP contribution in [0.2, 0.25) is 0 Å². The van der Waals surface area contributed by atoms with E-state index in [9.17, 15) is 18.0 Å². The molecule has 2 nitrogen and oxygen atoms in total. The molecule has 0 fully saturated rings. The zero-order valence-electron chi connectivity index (χ0n) is 10.7. The SMILES string of the molecule is CN(C(=O)c1ccccc1)c1cccc(C(F)(F)F)c1. The van der Waals surface area contributed by atoms with Gasteiger partial charge in [0.15, 0.2) is 0 Å². The lowest BCUT2D eigenvalue weighted by molar-refractivity contribution is -0.137. The van der Waals surface area contributed by atoms with Crippen molar-refractivity contribution < 1.29 is 18.0 Å². The van der Waals surface area contributed by atoms with Crippen LogP contribution >= 0.6 is 0 Å². The van der Waals surface area contributed by atoms with E-state index in [1.807, 2.05) is 0 Å². The number of rotatable bonds is 2. The molecular weight excluding hydrogens is 267 g/mol. The van der Waals surface area contributed by atoms with Crippen LogP contribution in [0.5, 0.6) is 0 Å². The summed E-state index contributed by atoms with van der Waals surface area (Å²) in [6.07, 6.45) is -4.42. The number of anilines is 1. The molecule has 0 atom stereocenters. The molecule has 0 aliphatic heterocycles. The molecule has 0 unspecified atom stereocenters. The molecule has 0 aromatic heterocycles. The van der Waals surface area contributed by atoms with E-state index in [0.29, 0.717) is 5.56 Å². The molecular formula is C15H12F3NO. The minimum Gasteiger partial charge on any atom is -0.311 e. The van der Waals surface area contributed by atoms with Crippen molar-refractivity contribution in [3.63, 3.8) is 0 Å². The topological polar surface area (TPSA) is 20.3 Å². The van der Waals surface area contributed by atoms with Gasteiger partial charge in [-0.2, -0.15) is 13.2 Å². The van der Waals surface area contributed by atoms with Crippen molar-refractivity contribution in [3.8, 4) is 0 Å². The summed E-state index contributed by atoms with van der Waals surface area (Å²) in [7, 11) is 1.45. The highest BCUT2D eigenvalue weighted by atomic mass is 19.4. The van der Waals surface area contributed by atoms with E-state index in [1.54, 1.807) is 30.3 Å². The predicted octanol–water partition coefficient (Wildman–Crippen LogP) is 3.98. The Hall–Kier alpha value is -2.30. The van der Waals surface area contributed by atoms with Gasteiger partial charge in [0.2, 0.25) is 0 Å². The molecule has 0 N–H and O–H groups in total. The minimum atomic E-state index is -4.42. The number of alkyl halides is 3. The molecule has 2 rings (SSSR count). The Morgan fingerprint density at radius 3 is 2.25 bits per heavy atom. The molecule has 1 amide bonds. The van der Waals surface area contributed by atoms with Gasteiger partial charge in [0, 0.05) is 18.3 Å². The largest absolute Gasteiger partial charge is 0.416 e. The summed E-state index contributed by atoms with van der Waals surface area (Å²) in [5.41, 5.74) is -0.149. The Balaban J connectivity index is 2.30. The fourth-order valence-corrected chi connectivity index (χ4v) is 1.78. The van der Waals surface area contributed by atoms with Gasteiger partial charge in [0.05, 0.1) is 5.56 Å². The normalized spacial score (nSPS) is 11.2. The number of benzene rings is 2. The molecule has 2 aromatic rings. The predicted molar refractivity (Wildman–Crippen MR) is 70.6 cm³/mol. The van der Waals surface area contributed by atoms with Crippen LogP contribution in [-0.4, -0.2) is 13.0 Å². The van der Waals surface area contributed by atoms with Gasteiger partial charge in [-0.15, -0.1) is 0 Å². The lowest BCUT2D eigenvalue weighted by Gasteiger charge is -2.18. The zero-order chi connectivity index (χ0) is 14.8. The van der Waals surface area contributed by atoms with Crippen molar-refractivity contribution in [2.24, 2.45) is 0 Å². The monoisotopic (exact) mass is 279 g/mol. The first-order valence-electron chi connectivity index (χ1n) is 5.90. The first-order valence-corrected chi connectivity index (χ1v) is 5.90. The molecule has 0 saturated carbocycles. The standard InChI is InChI=1S/C15H12F3NO/c1-19(14(20)11-6-3-2-4-7-11)13-9-5-8-12(10-13)15(16,17)18/h2-10H,1H3. The molecule has 2 aromatic carbocycles. The van der Waals surface area contributed by atoms with Gasteiger partial charge >= 0.3 is 6.18 Å². The molecule has 0 radical (unpaired) electrons. The lowest BCUT2D eigenvalue weighted by atomic mass is 10.1. The van der Waals surface area contributed by atoms with Crippen LogP contribution in [-0.2, 0) is 6.18 Å². The number of carbonyl (C=O) groups excluding carboxylic acids is 1. The number of hydrogen-bond acceptors (Lipinski definition) is 1. The summed E-state index contributed by atoms with van der Waals surface area (Å²) in [6.45, 7) is 0. The fourth-order valence-electron chi connectivity index (χ4n) is 1.78. The van der Waals surface area contributed by atoms with E-state index in [0.717, 1.165) is 12.1 Å². The Labute approximate surface area is 114 Å². The highest BCUT2D eigenvalue weighted by Crippen LogP contribution is 2.31. The molecule has 20 heavy (non-hydrogen) atoms. The summed E-state index contributed by atoms with van der Waals surface area (Å²) in [6, 6.07) is 13.1. The molecule has 104 valence electrons. The maximum Gasteiger partial charge on any atom is 0.416 e. The third-order valence-electron chi connectivity index (χ3n) is 2.89. The third kappa shape index (κ3) is 2.99. The van der Waals surface area contributed by atoms with Crippen molar-refractivity contribution >= 4 is 11.6 Å². The molecule has 0 spiro atoms. The van der Waals surface area contributed by atoms with Crippen LogP contribution in [0.1, 0.15) is 15.9 Å². The Bertz CT molecular complexity index is 608. The minimum absolute atomic E-state index is 0.202. The van der Waals surface area contributed by atoms with E-state index in [1.165, 1.54) is 24.1 Å². The molecule has 0 aliphatic rings. The van der Waals surface area contributed by atoms with E-state index < -0.39 is 11.7 Å². The van der Waals surface area contributed by atoms with Gasteiger partial charge in [0.1, 0.15) is 0 Å². The van der Waals surface area contributed by atoms with Crippen LogP contribution in [0.4, 0.5) is 18.9 Å². The highest BCUT2D eigenvalue weighted by Gasteiger charge is 2.31. The summed E-state index contributed by atoms with van der Waals surface area (Å²) in [5.74, 6) is -0.357. The van der Waals surface area contributed by atoms with Crippen molar-refractivity contribution in [1.82, 2.24) is 0 Å². The number of hydrogen-bond donors (Lipinski definition) is 0. The summed E-state index contributed by atoms with van der Waals surface area (Å²) in [4.78, 5) is 13.3. The summed E-state index contributed by atoms with van der Waals surface area (Å²) in [5, 5.41) is 0. The summed E-state index contributed by atoms with van der Waals surface area (Å²) >= 11 is 0. The fraction of sp³-hybridized carbons (Fsp3) is 0.133. The quantitative estimate of drug-likeness (QED) is 0.814. The van der Waals surface area contributed by atoms with Gasteiger partial charge < -0.3 is 4.90 Å². The molecule has 0 bridgehead atoms. The molecule has 0 aliphatic carbocycles. The highest BCUT2D eigenvalue weighted by molar-refractivity contribution is 6.05. The van der Waals surface area contributed by atoms with Crippen molar-refractivity contribution in [2.75, 3.05) is 11.9 Å². The van der Waals surface area contributed by atoms with Crippen LogP contribution < -0.4 is 4.90 Å². The maximum absolute atomic E-state index is 12.7. The number of carbonyl (C=O) groups is 1. The number of halogens is 3. The van der Waals surface area contributed by atoms with Gasteiger partial charge in [-0.3, -0.25) is 4.79 Å². The van der Waals surface area contributed by atoms with Gasteiger partial charge in [-0.05, 0) is 30.3 Å². The van der Waals surface area contributed by atoms with E-state index >= 15 is 0 Å². The smallest absolute Gasteiger partial charge is 0.311 e. The first kappa shape index (κ1) is 14.1. The Morgan fingerprint density at radius 2 is 1.65 bits per heavy atom. The van der Waals surface area contributed by atoms with Gasteiger partial charge in [-0.1, -0.05) is 24.3 Å². The Kier molecular flexibility index (Phi) is 3.79. The van der Waals surface area contributed by atoms with Crippen LogP contribution in [0.3, 0.4) is 0 Å². The van der Waals surface area contributed by atoms with Crippen LogP contribution in [0.15, 0.2) is 54.6 Å². The first-order chi connectivity index (χ1) is 9.39. The van der Waals surface area contributed by atoms with E-state index in [4.69, 9.17) is 0 Å². The van der Waals surface area contributed by atoms with Gasteiger partial charge in [-0.25, -0.2) is 0 Å². The maximum atomic E-state index is 12.7. The van der Waals surface area contributed by atoms with E-state index in [2.05, 4.69) is 0 Å². The van der Waals surface area contributed by atoms with Crippen LogP contribution in [0.25, 0.3) is 0 Å². The van der Waals surface area contributed by atoms with Crippen molar-refractivity contribution in [2.45, 2.75) is 6.18 Å². The number of amides is 1. The molecule has 5 heteroatoms. The van der Waals surface area contributed by atoms with E-state index in [-0.39, 0.29) is 11.6 Å². The number of nitrogens with zero attached hydrogens (tertiary/aromatic N) is 1. The van der Waals surface area contributed by atoms with Crippen molar-refractivity contribution in [1.29, 1.82) is 0 Å². The molecule has 0 heterocycles. The lowest BCUT2D eigenvalue weighted by Crippen LogP contribution is -2.26. The second kappa shape index (κ2) is 5.36. The average molecular weight is 279 g/mol. The zero-order valence-corrected chi connectivity index (χ0v) is 10.7. The summed E-state index contributed by atoms with van der Waals surface area (Å²) < 4.78 is 38.0. The second-order valence-electron chi connectivity index (χ2n) is 4.28. The third-order valence-corrected chi connectivity index (χ3v) is 2.89. The average Bonchev–Trinajstić information content (AvgIpc) is 2.46. The molecule has 0 saturated heterocycles. The van der Waals surface area contributed by atoms with Gasteiger partial charge in [0.25, 0.3) is 5.91 Å². The van der Waals surface area contributed by atoms with Crippen LogP contribution in [0, 0.1) is 0 Å². The van der Waals surface area contributed by atoms with Crippen molar-refractivity contribution in [3.05, 3.63) is 65.7 Å². The second-order valence-corrected chi connectivity index (χ2v) is 4.28.